The van der Waals surface area contributed by atoms with Crippen molar-refractivity contribution in [1.82, 2.24) is 15.3 Å². The Labute approximate surface area is 98.6 Å². The van der Waals surface area contributed by atoms with E-state index in [4.69, 9.17) is 11.6 Å². The van der Waals surface area contributed by atoms with Gasteiger partial charge in [0.25, 0.3) is 0 Å². The monoisotopic (exact) mass is 240 g/mol. The predicted octanol–water partition coefficient (Wildman–Crippen LogP) is 1.13. The van der Waals surface area contributed by atoms with Crippen molar-refractivity contribution in [3.63, 3.8) is 0 Å². The normalized spacial score (nSPS) is 19.6. The van der Waals surface area contributed by atoms with E-state index in [9.17, 15) is 4.79 Å². The lowest BCUT2D eigenvalue weighted by molar-refractivity contribution is -0.119. The van der Waals surface area contributed by atoms with Crippen LogP contribution in [0.25, 0.3) is 0 Å². The van der Waals surface area contributed by atoms with Crippen molar-refractivity contribution in [1.29, 1.82) is 0 Å². The predicted molar refractivity (Wildman–Crippen MR) is 61.4 cm³/mol. The molecule has 5 nitrogen and oxygen atoms in total. The Morgan fingerprint density at radius 3 is 3.06 bits per heavy atom. The van der Waals surface area contributed by atoms with Crippen molar-refractivity contribution in [3.8, 4) is 0 Å². The lowest BCUT2D eigenvalue weighted by atomic mass is 10.2. The molecule has 1 aliphatic rings. The molecule has 86 valence electrons. The number of nitrogens with one attached hydrogen (secondary N) is 2. The Bertz CT molecular complexity index is 390. The summed E-state index contributed by atoms with van der Waals surface area (Å²) in [5.41, 5.74) is 0.818. The highest BCUT2D eigenvalue weighted by atomic mass is 35.5. The average Bonchev–Trinajstić information content (AvgIpc) is 2.60. The number of carbonyl (C=O) groups excluding carboxylic acids is 1. The van der Waals surface area contributed by atoms with E-state index in [0.29, 0.717) is 18.8 Å². The molecule has 1 aromatic rings. The molecular weight excluding hydrogens is 228 g/mol. The zero-order valence-electron chi connectivity index (χ0n) is 8.96. The maximum Gasteiger partial charge on any atom is 0.224 e. The number of anilines is 1. The number of aromatic nitrogens is 2. The number of aryl methyl sites for hydroxylation is 1. The third-order valence-electron chi connectivity index (χ3n) is 2.44. The molecule has 1 saturated heterocycles. The van der Waals surface area contributed by atoms with E-state index in [1.807, 2.05) is 13.0 Å². The second-order valence-electron chi connectivity index (χ2n) is 3.85. The third-order valence-corrected chi connectivity index (χ3v) is 2.61. The molecule has 2 rings (SSSR count). The van der Waals surface area contributed by atoms with Crippen LogP contribution in [0.3, 0.4) is 0 Å². The van der Waals surface area contributed by atoms with Gasteiger partial charge < -0.3 is 10.6 Å². The quantitative estimate of drug-likeness (QED) is 0.778. The Kier molecular flexibility index (Phi) is 3.24. The minimum atomic E-state index is 0.115. The van der Waals surface area contributed by atoms with E-state index in [0.717, 1.165) is 12.1 Å². The van der Waals surface area contributed by atoms with Crippen LogP contribution in [0.4, 0.5) is 5.82 Å². The first-order valence-electron chi connectivity index (χ1n) is 5.18. The standard InChI is InChI=1S/C10H13ClN4O/c1-6-4-8(15-10(11)13-6)12-5-7-2-3-9(16)14-7/h4,7H,2-3,5H2,1H3,(H,14,16)(H,12,13,15). The number of rotatable bonds is 3. The molecule has 1 atom stereocenters. The largest absolute Gasteiger partial charge is 0.368 e. The van der Waals surface area contributed by atoms with Gasteiger partial charge in [0.2, 0.25) is 11.2 Å². The van der Waals surface area contributed by atoms with E-state index in [-0.39, 0.29) is 17.2 Å². The molecule has 1 amide bonds. The number of amides is 1. The first-order valence-corrected chi connectivity index (χ1v) is 5.56. The first-order chi connectivity index (χ1) is 7.63. The number of nitrogens with zero attached hydrogens (tertiary/aromatic N) is 2. The van der Waals surface area contributed by atoms with E-state index < -0.39 is 0 Å². The highest BCUT2D eigenvalue weighted by Gasteiger charge is 2.20. The fourth-order valence-electron chi connectivity index (χ4n) is 1.68. The summed E-state index contributed by atoms with van der Waals surface area (Å²) in [6.07, 6.45) is 1.47. The summed E-state index contributed by atoms with van der Waals surface area (Å²) in [7, 11) is 0. The van der Waals surface area contributed by atoms with E-state index in [1.54, 1.807) is 0 Å². The van der Waals surface area contributed by atoms with E-state index in [1.165, 1.54) is 0 Å². The fourth-order valence-corrected chi connectivity index (χ4v) is 1.91. The molecule has 1 aliphatic heterocycles. The second kappa shape index (κ2) is 4.65. The molecule has 0 spiro atoms. The average molecular weight is 241 g/mol. The second-order valence-corrected chi connectivity index (χ2v) is 4.19. The van der Waals surface area contributed by atoms with Crippen molar-refractivity contribution < 1.29 is 4.79 Å². The van der Waals surface area contributed by atoms with Crippen LogP contribution in [-0.2, 0) is 4.79 Å². The molecule has 1 aromatic heterocycles. The summed E-state index contributed by atoms with van der Waals surface area (Å²) in [5.74, 6) is 0.808. The van der Waals surface area contributed by atoms with Crippen molar-refractivity contribution >= 4 is 23.3 Å². The number of hydrogen-bond acceptors (Lipinski definition) is 4. The Morgan fingerprint density at radius 1 is 1.62 bits per heavy atom. The minimum Gasteiger partial charge on any atom is -0.368 e. The molecule has 0 aliphatic carbocycles. The van der Waals surface area contributed by atoms with Crippen LogP contribution in [0.5, 0.6) is 0 Å². The highest BCUT2D eigenvalue weighted by molar-refractivity contribution is 6.28. The fraction of sp³-hybridized carbons (Fsp3) is 0.500. The molecule has 0 saturated carbocycles. The Balaban J connectivity index is 1.91. The van der Waals surface area contributed by atoms with Crippen LogP contribution in [-0.4, -0.2) is 28.5 Å². The molecule has 0 radical (unpaired) electrons. The maximum absolute atomic E-state index is 11.0. The van der Waals surface area contributed by atoms with Crippen LogP contribution in [0, 0.1) is 6.92 Å². The van der Waals surface area contributed by atoms with E-state index >= 15 is 0 Å². The van der Waals surface area contributed by atoms with Crippen molar-refractivity contribution in [2.45, 2.75) is 25.8 Å². The van der Waals surface area contributed by atoms with Crippen LogP contribution >= 0.6 is 11.6 Å². The first kappa shape index (κ1) is 11.1. The molecule has 0 aromatic carbocycles. The van der Waals surface area contributed by atoms with Gasteiger partial charge in [-0.25, -0.2) is 9.97 Å². The highest BCUT2D eigenvalue weighted by Crippen LogP contribution is 2.11. The van der Waals surface area contributed by atoms with Gasteiger partial charge in [0, 0.05) is 30.8 Å². The molecule has 0 bridgehead atoms. The molecule has 2 heterocycles. The van der Waals surface area contributed by atoms with Gasteiger partial charge in [-0.15, -0.1) is 0 Å². The zero-order chi connectivity index (χ0) is 11.5. The van der Waals surface area contributed by atoms with Gasteiger partial charge in [-0.2, -0.15) is 0 Å². The molecular formula is C10H13ClN4O. The summed E-state index contributed by atoms with van der Waals surface area (Å²) in [5, 5.41) is 6.25. The summed E-state index contributed by atoms with van der Waals surface area (Å²) in [4.78, 5) is 19.0. The molecule has 6 heteroatoms. The molecule has 2 N–H and O–H groups in total. The SMILES string of the molecule is Cc1cc(NCC2CCC(=O)N2)nc(Cl)n1. The van der Waals surface area contributed by atoms with Crippen LogP contribution in [0.2, 0.25) is 5.28 Å². The summed E-state index contributed by atoms with van der Waals surface area (Å²) >= 11 is 5.74. The minimum absolute atomic E-state index is 0.115. The van der Waals surface area contributed by atoms with Gasteiger partial charge in [-0.1, -0.05) is 0 Å². The topological polar surface area (TPSA) is 66.9 Å². The molecule has 1 unspecified atom stereocenters. The number of halogens is 1. The van der Waals surface area contributed by atoms with Crippen molar-refractivity contribution in [2.24, 2.45) is 0 Å². The smallest absolute Gasteiger partial charge is 0.224 e. The van der Waals surface area contributed by atoms with Gasteiger partial charge in [-0.05, 0) is 24.9 Å². The van der Waals surface area contributed by atoms with Gasteiger partial charge in [0.1, 0.15) is 5.82 Å². The van der Waals surface area contributed by atoms with Gasteiger partial charge in [0.15, 0.2) is 0 Å². The lowest BCUT2D eigenvalue weighted by Gasteiger charge is -2.11. The Morgan fingerprint density at radius 2 is 2.44 bits per heavy atom. The van der Waals surface area contributed by atoms with Gasteiger partial charge >= 0.3 is 0 Å². The molecule has 16 heavy (non-hydrogen) atoms. The number of hydrogen-bond donors (Lipinski definition) is 2. The maximum atomic E-state index is 11.0. The summed E-state index contributed by atoms with van der Waals surface area (Å²) in [6.45, 7) is 2.52. The summed E-state index contributed by atoms with van der Waals surface area (Å²) in [6, 6.07) is 2.00. The lowest BCUT2D eigenvalue weighted by Crippen LogP contribution is -2.32. The summed E-state index contributed by atoms with van der Waals surface area (Å²) < 4.78 is 0. The Hall–Kier alpha value is -1.36. The van der Waals surface area contributed by atoms with Crippen LogP contribution in [0.15, 0.2) is 6.07 Å². The van der Waals surface area contributed by atoms with Gasteiger partial charge in [0.05, 0.1) is 0 Å². The molecule has 1 fully saturated rings. The van der Waals surface area contributed by atoms with Crippen LogP contribution < -0.4 is 10.6 Å². The van der Waals surface area contributed by atoms with Crippen LogP contribution in [0.1, 0.15) is 18.5 Å². The van der Waals surface area contributed by atoms with Gasteiger partial charge in [-0.3, -0.25) is 4.79 Å². The van der Waals surface area contributed by atoms with E-state index in [2.05, 4.69) is 20.6 Å². The zero-order valence-corrected chi connectivity index (χ0v) is 9.71. The third kappa shape index (κ3) is 2.82. The van der Waals surface area contributed by atoms with Crippen molar-refractivity contribution in [3.05, 3.63) is 17.0 Å². The number of carbonyl (C=O) groups is 1. The van der Waals surface area contributed by atoms with Crippen molar-refractivity contribution in [2.75, 3.05) is 11.9 Å².